The number of fused-ring (bicyclic) bond motifs is 1. The highest BCUT2D eigenvalue weighted by molar-refractivity contribution is 9.10. The molecule has 2 aromatic carbocycles. The van der Waals surface area contributed by atoms with Crippen molar-refractivity contribution in [1.29, 1.82) is 0 Å². The van der Waals surface area contributed by atoms with Gasteiger partial charge in [-0.2, -0.15) is 0 Å². The Morgan fingerprint density at radius 3 is 2.86 bits per heavy atom. The van der Waals surface area contributed by atoms with E-state index in [0.29, 0.717) is 6.61 Å². The van der Waals surface area contributed by atoms with Gasteiger partial charge in [0.25, 0.3) is 0 Å². The van der Waals surface area contributed by atoms with E-state index in [1.165, 1.54) is 0 Å². The van der Waals surface area contributed by atoms with Gasteiger partial charge in [-0.05, 0) is 19.2 Å². The molecule has 5 heteroatoms. The minimum absolute atomic E-state index is 0.0320. The van der Waals surface area contributed by atoms with Crippen molar-refractivity contribution in [1.82, 2.24) is 5.32 Å². The second kappa shape index (κ2) is 5.87. The summed E-state index contributed by atoms with van der Waals surface area (Å²) in [7, 11) is 1.77. The Hall–Kier alpha value is -1.85. The maximum atomic E-state index is 11.8. The molecular formula is C16H15BrN2O2. The Labute approximate surface area is 131 Å². The summed E-state index contributed by atoms with van der Waals surface area (Å²) in [6.07, 6.45) is 0. The molecule has 1 amide bonds. The number of hydrogen-bond donors (Lipinski definition) is 2. The van der Waals surface area contributed by atoms with Crippen molar-refractivity contribution in [2.24, 2.45) is 0 Å². The highest BCUT2D eigenvalue weighted by atomic mass is 79.9. The molecule has 0 spiro atoms. The number of hydrogen-bond acceptors (Lipinski definition) is 3. The SMILES string of the molecule is CNC1C(=O)Nc2cc(OCc3ccccc3Br)ccc21. The topological polar surface area (TPSA) is 50.4 Å². The number of likely N-dealkylation sites (N-methyl/N-ethyl adjacent to an activating group) is 1. The monoisotopic (exact) mass is 346 g/mol. The van der Waals surface area contributed by atoms with E-state index in [1.54, 1.807) is 7.05 Å². The van der Waals surface area contributed by atoms with Crippen LogP contribution in [0.15, 0.2) is 46.9 Å². The molecular weight excluding hydrogens is 332 g/mol. The number of halogens is 1. The molecule has 0 saturated carbocycles. The van der Waals surface area contributed by atoms with E-state index in [-0.39, 0.29) is 11.9 Å². The number of carbonyl (C=O) groups excluding carboxylic acids is 1. The summed E-state index contributed by atoms with van der Waals surface area (Å²) >= 11 is 3.50. The first-order valence-corrected chi connectivity index (χ1v) is 7.46. The molecule has 3 rings (SSSR count). The number of anilines is 1. The number of amides is 1. The Morgan fingerprint density at radius 1 is 1.29 bits per heavy atom. The molecule has 2 aromatic rings. The van der Waals surface area contributed by atoms with Crippen molar-refractivity contribution in [3.05, 3.63) is 58.1 Å². The van der Waals surface area contributed by atoms with Crippen LogP contribution in [0.5, 0.6) is 5.75 Å². The predicted molar refractivity (Wildman–Crippen MR) is 85.3 cm³/mol. The van der Waals surface area contributed by atoms with E-state index < -0.39 is 0 Å². The quantitative estimate of drug-likeness (QED) is 0.893. The molecule has 1 atom stereocenters. The summed E-state index contributed by atoms with van der Waals surface area (Å²) in [6.45, 7) is 0.476. The second-order valence-corrected chi connectivity index (χ2v) is 5.69. The first-order chi connectivity index (χ1) is 10.2. The Balaban J connectivity index is 1.76. The lowest BCUT2D eigenvalue weighted by Gasteiger charge is -2.10. The third-order valence-corrected chi connectivity index (χ3v) is 4.27. The van der Waals surface area contributed by atoms with Crippen LogP contribution in [-0.4, -0.2) is 13.0 Å². The molecule has 1 aliphatic rings. The number of benzene rings is 2. The molecule has 1 unspecified atom stereocenters. The van der Waals surface area contributed by atoms with Crippen LogP contribution in [0.3, 0.4) is 0 Å². The van der Waals surface area contributed by atoms with Crippen LogP contribution in [0.25, 0.3) is 0 Å². The van der Waals surface area contributed by atoms with Gasteiger partial charge in [0.05, 0.1) is 0 Å². The van der Waals surface area contributed by atoms with Crippen LogP contribution >= 0.6 is 15.9 Å². The number of carbonyl (C=O) groups is 1. The Kier molecular flexibility index (Phi) is 3.94. The highest BCUT2D eigenvalue weighted by Crippen LogP contribution is 2.33. The second-order valence-electron chi connectivity index (χ2n) is 4.84. The van der Waals surface area contributed by atoms with Gasteiger partial charge >= 0.3 is 0 Å². The van der Waals surface area contributed by atoms with Gasteiger partial charge < -0.3 is 15.4 Å². The van der Waals surface area contributed by atoms with E-state index in [1.807, 2.05) is 42.5 Å². The minimum atomic E-state index is -0.280. The van der Waals surface area contributed by atoms with Crippen LogP contribution in [0, 0.1) is 0 Å². The van der Waals surface area contributed by atoms with E-state index in [0.717, 1.165) is 27.0 Å². The van der Waals surface area contributed by atoms with Gasteiger partial charge in [0.1, 0.15) is 18.4 Å². The van der Waals surface area contributed by atoms with E-state index in [9.17, 15) is 4.79 Å². The van der Waals surface area contributed by atoms with Crippen LogP contribution in [0.4, 0.5) is 5.69 Å². The lowest BCUT2D eigenvalue weighted by atomic mass is 10.1. The molecule has 0 saturated heterocycles. The van der Waals surface area contributed by atoms with Gasteiger partial charge in [-0.3, -0.25) is 4.79 Å². The van der Waals surface area contributed by atoms with Crippen LogP contribution in [0.1, 0.15) is 17.2 Å². The minimum Gasteiger partial charge on any atom is -0.489 e. The van der Waals surface area contributed by atoms with E-state index in [4.69, 9.17) is 4.74 Å². The van der Waals surface area contributed by atoms with Gasteiger partial charge in [-0.1, -0.05) is 40.2 Å². The molecule has 0 aliphatic carbocycles. The summed E-state index contributed by atoms with van der Waals surface area (Å²) in [5.41, 5.74) is 2.84. The smallest absolute Gasteiger partial charge is 0.246 e. The van der Waals surface area contributed by atoms with Gasteiger partial charge in [0.2, 0.25) is 5.91 Å². The summed E-state index contributed by atoms with van der Waals surface area (Å²) < 4.78 is 6.82. The molecule has 4 nitrogen and oxygen atoms in total. The highest BCUT2D eigenvalue weighted by Gasteiger charge is 2.29. The lowest BCUT2D eigenvalue weighted by Crippen LogP contribution is -2.23. The van der Waals surface area contributed by atoms with Crippen LogP contribution < -0.4 is 15.4 Å². The zero-order valence-electron chi connectivity index (χ0n) is 11.5. The van der Waals surface area contributed by atoms with E-state index >= 15 is 0 Å². The van der Waals surface area contributed by atoms with E-state index in [2.05, 4.69) is 26.6 Å². The zero-order chi connectivity index (χ0) is 14.8. The zero-order valence-corrected chi connectivity index (χ0v) is 13.1. The molecule has 1 heterocycles. The van der Waals surface area contributed by atoms with Crippen molar-refractivity contribution >= 4 is 27.5 Å². The van der Waals surface area contributed by atoms with Gasteiger partial charge in [-0.15, -0.1) is 0 Å². The summed E-state index contributed by atoms with van der Waals surface area (Å²) in [5, 5.41) is 5.85. The number of ether oxygens (including phenoxy) is 1. The van der Waals surface area contributed by atoms with Gasteiger partial charge in [-0.25, -0.2) is 0 Å². The maximum absolute atomic E-state index is 11.8. The fourth-order valence-corrected chi connectivity index (χ4v) is 2.79. The Morgan fingerprint density at radius 2 is 2.10 bits per heavy atom. The van der Waals surface area contributed by atoms with Crippen molar-refractivity contribution < 1.29 is 9.53 Å². The van der Waals surface area contributed by atoms with Gasteiger partial charge in [0, 0.05) is 27.4 Å². The summed E-state index contributed by atoms with van der Waals surface area (Å²) in [5.74, 6) is 0.706. The number of rotatable bonds is 4. The molecule has 0 bridgehead atoms. The average molecular weight is 347 g/mol. The third kappa shape index (κ3) is 2.80. The molecule has 0 radical (unpaired) electrons. The summed E-state index contributed by atoms with van der Waals surface area (Å²) in [6, 6.07) is 13.3. The lowest BCUT2D eigenvalue weighted by molar-refractivity contribution is -0.117. The fourth-order valence-electron chi connectivity index (χ4n) is 2.39. The largest absolute Gasteiger partial charge is 0.489 e. The van der Waals surface area contributed by atoms with Crippen LogP contribution in [-0.2, 0) is 11.4 Å². The van der Waals surface area contributed by atoms with Gasteiger partial charge in [0.15, 0.2) is 0 Å². The predicted octanol–water partition coefficient (Wildman–Crippen LogP) is 3.24. The first kappa shape index (κ1) is 14.1. The molecule has 21 heavy (non-hydrogen) atoms. The normalized spacial score (nSPS) is 16.5. The Bertz CT molecular complexity index is 688. The molecule has 2 N–H and O–H groups in total. The third-order valence-electron chi connectivity index (χ3n) is 3.50. The number of nitrogens with one attached hydrogen (secondary N) is 2. The van der Waals surface area contributed by atoms with Crippen molar-refractivity contribution in [2.45, 2.75) is 12.6 Å². The van der Waals surface area contributed by atoms with Crippen molar-refractivity contribution in [2.75, 3.05) is 12.4 Å². The molecule has 1 aliphatic heterocycles. The maximum Gasteiger partial charge on any atom is 0.246 e. The fraction of sp³-hybridized carbons (Fsp3) is 0.188. The molecule has 0 fully saturated rings. The van der Waals surface area contributed by atoms with Crippen molar-refractivity contribution in [3.63, 3.8) is 0 Å². The van der Waals surface area contributed by atoms with Crippen LogP contribution in [0.2, 0.25) is 0 Å². The molecule has 0 aromatic heterocycles. The molecule has 108 valence electrons. The average Bonchev–Trinajstić information content (AvgIpc) is 2.80. The summed E-state index contributed by atoms with van der Waals surface area (Å²) in [4.78, 5) is 11.8. The standard InChI is InChI=1S/C16H15BrN2O2/c1-18-15-12-7-6-11(8-14(12)19-16(15)20)21-9-10-4-2-3-5-13(10)17/h2-8,15,18H,9H2,1H3,(H,19,20). The van der Waals surface area contributed by atoms with Crippen molar-refractivity contribution in [3.8, 4) is 5.75 Å². The first-order valence-electron chi connectivity index (χ1n) is 6.67.